The van der Waals surface area contributed by atoms with Gasteiger partial charge in [-0.3, -0.25) is 4.79 Å². The van der Waals surface area contributed by atoms with Gasteiger partial charge in [0.2, 0.25) is 0 Å². The maximum Gasteiger partial charge on any atom is 0.509 e. The van der Waals surface area contributed by atoms with Crippen LogP contribution in [0.5, 0.6) is 0 Å². The summed E-state index contributed by atoms with van der Waals surface area (Å²) in [5, 5.41) is 0.782. The predicted octanol–water partition coefficient (Wildman–Crippen LogP) is 1.95. The van der Waals surface area contributed by atoms with Gasteiger partial charge >= 0.3 is 12.9 Å². The van der Waals surface area contributed by atoms with Gasteiger partial charge in [0.05, 0.1) is 11.3 Å². The van der Waals surface area contributed by atoms with Crippen LogP contribution in [-0.4, -0.2) is 23.9 Å². The lowest BCUT2D eigenvalue weighted by molar-refractivity contribution is -0.153. The number of halogens is 3. The van der Waals surface area contributed by atoms with Crippen molar-refractivity contribution in [3.05, 3.63) is 42.1 Å². The fourth-order valence-electron chi connectivity index (χ4n) is 1.72. The molecule has 0 unspecified atom stereocenters. The Kier molecular flexibility index (Phi) is 3.56. The molecule has 4 nitrogen and oxygen atoms in total. The molecule has 0 bridgehead atoms. The molecule has 1 amide bonds. The van der Waals surface area contributed by atoms with E-state index in [0.717, 1.165) is 29.3 Å². The third-order valence-corrected chi connectivity index (χ3v) is 2.84. The van der Waals surface area contributed by atoms with Crippen LogP contribution in [-0.2, 0) is 9.63 Å². The van der Waals surface area contributed by atoms with Gasteiger partial charge < -0.3 is 17.8 Å². The molecule has 0 radical (unpaired) electrons. The van der Waals surface area contributed by atoms with Crippen LogP contribution in [0.15, 0.2) is 36.5 Å². The van der Waals surface area contributed by atoms with Crippen LogP contribution in [0.1, 0.15) is 23.2 Å². The van der Waals surface area contributed by atoms with Crippen molar-refractivity contribution >= 4 is 24.3 Å². The fraction of sp³-hybridized carbons (Fsp3) is 0.167. The van der Waals surface area contributed by atoms with Gasteiger partial charge in [-0.15, -0.1) is 10.5 Å². The average molecular weight is 284 g/mol. The van der Waals surface area contributed by atoms with Crippen molar-refractivity contribution < 1.29 is 27.4 Å². The molecule has 2 rings (SSSR count). The molecule has 0 N–H and O–H groups in total. The van der Waals surface area contributed by atoms with Crippen LogP contribution < -0.4 is 5.46 Å². The largest absolute Gasteiger partial charge is 0.509 e. The summed E-state index contributed by atoms with van der Waals surface area (Å²) in [7, 11) is 0. The third-order valence-electron chi connectivity index (χ3n) is 2.84. The molecule has 20 heavy (non-hydrogen) atoms. The first-order valence-electron chi connectivity index (χ1n) is 5.82. The zero-order valence-corrected chi connectivity index (χ0v) is 10.3. The van der Waals surface area contributed by atoms with Gasteiger partial charge in [-0.2, -0.15) is 0 Å². The van der Waals surface area contributed by atoms with Crippen LogP contribution in [0.4, 0.5) is 12.9 Å². The first kappa shape index (κ1) is 14.2. The van der Waals surface area contributed by atoms with E-state index in [2.05, 4.69) is 6.58 Å². The molecular formula is C12H10BF3NO3-. The summed E-state index contributed by atoms with van der Waals surface area (Å²) in [5.41, 5.74) is -0.525. The molecule has 0 spiro atoms. The third kappa shape index (κ3) is 2.84. The number of carbonyl (C=O) groups excluding carboxylic acids is 2. The second-order valence-corrected chi connectivity index (χ2v) is 4.33. The molecular weight excluding hydrogens is 274 g/mol. The lowest BCUT2D eigenvalue weighted by Crippen LogP contribution is -2.34. The standard InChI is InChI=1S/C12H10BF3NO3/c1-8-2-7-11(18)17(8)20-12(19)9-3-5-10(6-4-9)13(14,15)16/h3-6H,1-2,7H2/q-1. The van der Waals surface area contributed by atoms with E-state index in [0.29, 0.717) is 12.1 Å². The normalized spacial score (nSPS) is 15.7. The number of hydrogen-bond acceptors (Lipinski definition) is 3. The number of hydroxylamine groups is 2. The number of benzene rings is 1. The smallest absolute Gasteiger partial charge is 0.445 e. The molecule has 1 aliphatic rings. The summed E-state index contributed by atoms with van der Waals surface area (Å²) in [5.74, 6) is -1.30. The molecule has 106 valence electrons. The average Bonchev–Trinajstić information content (AvgIpc) is 2.69. The van der Waals surface area contributed by atoms with Crippen LogP contribution in [0.2, 0.25) is 0 Å². The van der Waals surface area contributed by atoms with E-state index in [1.807, 2.05) is 0 Å². The number of allylic oxidation sites excluding steroid dienone is 1. The molecule has 1 aromatic carbocycles. The van der Waals surface area contributed by atoms with Crippen LogP contribution in [0.25, 0.3) is 0 Å². The molecule has 1 fully saturated rings. The number of rotatable bonds is 3. The van der Waals surface area contributed by atoms with E-state index >= 15 is 0 Å². The van der Waals surface area contributed by atoms with E-state index in [-0.39, 0.29) is 12.0 Å². The molecule has 1 saturated heterocycles. The lowest BCUT2D eigenvalue weighted by Gasteiger charge is -2.17. The Hall–Kier alpha value is -2.25. The minimum Gasteiger partial charge on any atom is -0.445 e. The van der Waals surface area contributed by atoms with Gasteiger partial charge in [0.15, 0.2) is 0 Å². The van der Waals surface area contributed by atoms with Gasteiger partial charge in [0.25, 0.3) is 5.91 Å². The monoisotopic (exact) mass is 284 g/mol. The summed E-state index contributed by atoms with van der Waals surface area (Å²) < 4.78 is 37.3. The summed E-state index contributed by atoms with van der Waals surface area (Å²) in [6.07, 6.45) is 0.587. The first-order chi connectivity index (χ1) is 9.29. The molecule has 0 aromatic heterocycles. The SMILES string of the molecule is C=C1CCC(=O)N1OC(=O)c1ccc([B-](F)(F)F)cc1. The summed E-state index contributed by atoms with van der Waals surface area (Å²) in [4.78, 5) is 27.9. The lowest BCUT2D eigenvalue weighted by atomic mass is 9.80. The minimum atomic E-state index is -5.10. The molecule has 8 heteroatoms. The minimum absolute atomic E-state index is 0.0682. The number of carbonyl (C=O) groups is 2. The zero-order chi connectivity index (χ0) is 14.9. The molecule has 1 aliphatic heterocycles. The Balaban J connectivity index is 2.10. The molecule has 1 aromatic rings. The van der Waals surface area contributed by atoms with Gasteiger partial charge in [0.1, 0.15) is 0 Å². The van der Waals surface area contributed by atoms with Crippen molar-refractivity contribution in [3.63, 3.8) is 0 Å². The van der Waals surface area contributed by atoms with Crippen molar-refractivity contribution in [1.29, 1.82) is 0 Å². The van der Waals surface area contributed by atoms with E-state index in [1.165, 1.54) is 0 Å². The van der Waals surface area contributed by atoms with Gasteiger partial charge in [-0.05, 0) is 6.42 Å². The maximum absolute atomic E-state index is 12.4. The first-order valence-corrected chi connectivity index (χ1v) is 5.82. The predicted molar refractivity (Wildman–Crippen MR) is 65.8 cm³/mol. The van der Waals surface area contributed by atoms with Crippen LogP contribution in [0.3, 0.4) is 0 Å². The number of hydrogen-bond donors (Lipinski definition) is 0. The van der Waals surface area contributed by atoms with E-state index < -0.39 is 24.3 Å². The molecule has 0 atom stereocenters. The second kappa shape index (κ2) is 5.03. The van der Waals surface area contributed by atoms with E-state index in [4.69, 9.17) is 4.84 Å². The summed E-state index contributed by atoms with van der Waals surface area (Å²) >= 11 is 0. The van der Waals surface area contributed by atoms with Crippen molar-refractivity contribution in [1.82, 2.24) is 5.06 Å². The molecule has 1 heterocycles. The highest BCUT2D eigenvalue weighted by atomic mass is 19.4. The molecule has 0 saturated carbocycles. The number of amides is 1. The maximum atomic E-state index is 12.4. The van der Waals surface area contributed by atoms with Gasteiger partial charge in [0, 0.05) is 6.42 Å². The fourth-order valence-corrected chi connectivity index (χ4v) is 1.72. The van der Waals surface area contributed by atoms with E-state index in [1.54, 1.807) is 0 Å². The van der Waals surface area contributed by atoms with Crippen LogP contribution >= 0.6 is 0 Å². The van der Waals surface area contributed by atoms with Crippen molar-refractivity contribution in [2.45, 2.75) is 12.8 Å². The Morgan fingerprint density at radius 2 is 1.80 bits per heavy atom. The summed E-state index contributed by atoms with van der Waals surface area (Å²) in [6, 6.07) is 3.63. The Morgan fingerprint density at radius 3 is 2.25 bits per heavy atom. The van der Waals surface area contributed by atoms with Crippen molar-refractivity contribution in [3.8, 4) is 0 Å². The highest BCUT2D eigenvalue weighted by Crippen LogP contribution is 2.21. The van der Waals surface area contributed by atoms with Crippen molar-refractivity contribution in [2.75, 3.05) is 0 Å². The van der Waals surface area contributed by atoms with Gasteiger partial charge in [-0.25, -0.2) is 4.79 Å². The second-order valence-electron chi connectivity index (χ2n) is 4.33. The summed E-state index contributed by atoms with van der Waals surface area (Å²) in [6.45, 7) is -1.54. The Bertz CT molecular complexity index is 552. The highest BCUT2D eigenvalue weighted by molar-refractivity contribution is 6.73. The Morgan fingerprint density at radius 1 is 1.20 bits per heavy atom. The van der Waals surface area contributed by atoms with Gasteiger partial charge in [-0.1, -0.05) is 30.8 Å². The quantitative estimate of drug-likeness (QED) is 0.797. The zero-order valence-electron chi connectivity index (χ0n) is 10.3. The molecule has 0 aliphatic carbocycles. The van der Waals surface area contributed by atoms with Crippen molar-refractivity contribution in [2.24, 2.45) is 0 Å². The Labute approximate surface area is 112 Å². The highest BCUT2D eigenvalue weighted by Gasteiger charge is 2.29. The number of nitrogens with zero attached hydrogens (tertiary/aromatic N) is 1. The van der Waals surface area contributed by atoms with Crippen LogP contribution in [0, 0.1) is 0 Å². The topological polar surface area (TPSA) is 46.6 Å². The van der Waals surface area contributed by atoms with E-state index in [9.17, 15) is 22.5 Å².